The molecule has 0 aromatic heterocycles. The Morgan fingerprint density at radius 1 is 1.54 bits per heavy atom. The summed E-state index contributed by atoms with van der Waals surface area (Å²) in [7, 11) is 0. The third-order valence-corrected chi connectivity index (χ3v) is 2.09. The lowest BCUT2D eigenvalue weighted by Crippen LogP contribution is -2.25. The van der Waals surface area contributed by atoms with E-state index < -0.39 is 10.8 Å². The summed E-state index contributed by atoms with van der Waals surface area (Å²) < 4.78 is 0. The van der Waals surface area contributed by atoms with Crippen LogP contribution in [-0.4, -0.2) is 16.0 Å². The number of hydrogen-bond donors (Lipinski definition) is 1. The van der Waals surface area contributed by atoms with Crippen LogP contribution in [0.3, 0.4) is 0 Å². The highest BCUT2D eigenvalue weighted by atomic mass is 35.5. The van der Waals surface area contributed by atoms with Gasteiger partial charge >= 0.3 is 5.97 Å². The Bertz CT molecular complexity index is 209. The number of hydrogen-bond acceptors (Lipinski definition) is 1. The van der Waals surface area contributed by atoms with Gasteiger partial charge in [0.2, 0.25) is 0 Å². The molecule has 0 amide bonds. The van der Waals surface area contributed by atoms with Crippen molar-refractivity contribution in [2.45, 2.75) is 39.0 Å². The van der Waals surface area contributed by atoms with Crippen LogP contribution in [0, 0.1) is 5.92 Å². The van der Waals surface area contributed by atoms with Crippen LogP contribution in [0.4, 0.5) is 0 Å². The monoisotopic (exact) mass is 204 g/mol. The summed E-state index contributed by atoms with van der Waals surface area (Å²) in [4.78, 5) is 10.0. The van der Waals surface area contributed by atoms with Gasteiger partial charge in [-0.1, -0.05) is 11.6 Å². The Balaban J connectivity index is 4.57. The quantitative estimate of drug-likeness (QED) is 0.565. The van der Waals surface area contributed by atoms with E-state index in [-0.39, 0.29) is 12.3 Å². The summed E-state index contributed by atoms with van der Waals surface area (Å²) in [6.45, 7) is 7.55. The molecule has 0 fully saturated rings. The summed E-state index contributed by atoms with van der Waals surface area (Å²) >= 11 is 6.08. The standard InChI is InChI=1S/C10H17ClO2/c1-7(2)5-8(6-9(12)13)10(3,4)11/h5,8H,6H2,1-4H3,(H,12,13). The SMILES string of the molecule is CC(C)=CC(CC(=O)O)C(C)(C)Cl. The van der Waals surface area contributed by atoms with E-state index in [0.29, 0.717) is 0 Å². The van der Waals surface area contributed by atoms with Crippen molar-refractivity contribution in [3.05, 3.63) is 11.6 Å². The van der Waals surface area contributed by atoms with Crippen molar-refractivity contribution in [1.29, 1.82) is 0 Å². The molecule has 0 saturated heterocycles. The van der Waals surface area contributed by atoms with Crippen LogP contribution in [0.25, 0.3) is 0 Å². The summed E-state index contributed by atoms with van der Waals surface area (Å²) in [5, 5.41) is 8.67. The molecule has 0 saturated carbocycles. The Hall–Kier alpha value is -0.500. The van der Waals surface area contributed by atoms with Crippen LogP contribution >= 0.6 is 11.6 Å². The molecule has 0 radical (unpaired) electrons. The normalized spacial score (nSPS) is 13.6. The van der Waals surface area contributed by atoms with E-state index in [1.807, 2.05) is 33.8 Å². The fourth-order valence-electron chi connectivity index (χ4n) is 1.09. The second kappa shape index (κ2) is 4.66. The Morgan fingerprint density at radius 3 is 2.23 bits per heavy atom. The molecule has 2 nitrogen and oxygen atoms in total. The summed E-state index contributed by atoms with van der Waals surface area (Å²) in [6.07, 6.45) is 2.00. The van der Waals surface area contributed by atoms with Gasteiger partial charge in [-0.25, -0.2) is 0 Å². The maximum atomic E-state index is 10.5. The highest BCUT2D eigenvalue weighted by Crippen LogP contribution is 2.29. The van der Waals surface area contributed by atoms with E-state index in [4.69, 9.17) is 16.7 Å². The summed E-state index contributed by atoms with van der Waals surface area (Å²) in [6, 6.07) is 0. The second-order valence-corrected chi connectivity index (χ2v) is 4.99. The molecule has 76 valence electrons. The van der Waals surface area contributed by atoms with E-state index in [2.05, 4.69) is 0 Å². The van der Waals surface area contributed by atoms with Gasteiger partial charge in [-0.3, -0.25) is 4.79 Å². The third-order valence-electron chi connectivity index (χ3n) is 1.81. The molecule has 0 aromatic rings. The van der Waals surface area contributed by atoms with Crippen molar-refractivity contribution in [2.24, 2.45) is 5.92 Å². The first-order valence-electron chi connectivity index (χ1n) is 4.29. The predicted molar refractivity (Wildman–Crippen MR) is 55.1 cm³/mol. The zero-order chi connectivity index (χ0) is 10.6. The van der Waals surface area contributed by atoms with E-state index in [1.54, 1.807) is 0 Å². The number of rotatable bonds is 4. The fraction of sp³-hybridized carbons (Fsp3) is 0.700. The highest BCUT2D eigenvalue weighted by Gasteiger charge is 2.26. The van der Waals surface area contributed by atoms with Crippen molar-refractivity contribution in [3.8, 4) is 0 Å². The van der Waals surface area contributed by atoms with Crippen LogP contribution in [0.2, 0.25) is 0 Å². The smallest absolute Gasteiger partial charge is 0.304 e. The van der Waals surface area contributed by atoms with E-state index in [9.17, 15) is 4.79 Å². The summed E-state index contributed by atoms with van der Waals surface area (Å²) in [5.74, 6) is -0.923. The highest BCUT2D eigenvalue weighted by molar-refractivity contribution is 6.23. The van der Waals surface area contributed by atoms with Crippen LogP contribution in [-0.2, 0) is 4.79 Å². The van der Waals surface area contributed by atoms with Crippen LogP contribution < -0.4 is 0 Å². The number of alkyl halides is 1. The summed E-state index contributed by atoms with van der Waals surface area (Å²) in [5.41, 5.74) is 1.10. The molecule has 0 heterocycles. The van der Waals surface area contributed by atoms with Crippen LogP contribution in [0.15, 0.2) is 11.6 Å². The van der Waals surface area contributed by atoms with Crippen molar-refractivity contribution in [1.82, 2.24) is 0 Å². The van der Waals surface area contributed by atoms with E-state index in [0.717, 1.165) is 5.57 Å². The molecule has 13 heavy (non-hydrogen) atoms. The number of carboxylic acids is 1. The zero-order valence-electron chi connectivity index (χ0n) is 8.60. The van der Waals surface area contributed by atoms with Gasteiger partial charge in [0.25, 0.3) is 0 Å². The maximum absolute atomic E-state index is 10.5. The van der Waals surface area contributed by atoms with Crippen molar-refractivity contribution < 1.29 is 9.90 Å². The lowest BCUT2D eigenvalue weighted by Gasteiger charge is -2.24. The molecule has 1 N–H and O–H groups in total. The topological polar surface area (TPSA) is 37.3 Å². The number of allylic oxidation sites excluding steroid dienone is 2. The molecule has 0 aliphatic carbocycles. The number of carboxylic acid groups (broad SMARTS) is 1. The second-order valence-electron chi connectivity index (χ2n) is 4.01. The van der Waals surface area contributed by atoms with Crippen molar-refractivity contribution in [2.75, 3.05) is 0 Å². The molecule has 3 heteroatoms. The van der Waals surface area contributed by atoms with Gasteiger partial charge < -0.3 is 5.11 Å². The minimum atomic E-state index is -0.809. The van der Waals surface area contributed by atoms with Gasteiger partial charge in [-0.2, -0.15) is 0 Å². The Kier molecular flexibility index (Phi) is 4.48. The van der Waals surface area contributed by atoms with Crippen LogP contribution in [0.5, 0.6) is 0 Å². The van der Waals surface area contributed by atoms with Crippen molar-refractivity contribution in [3.63, 3.8) is 0 Å². The van der Waals surface area contributed by atoms with Crippen LogP contribution in [0.1, 0.15) is 34.1 Å². The van der Waals surface area contributed by atoms with E-state index >= 15 is 0 Å². The molecule has 0 bridgehead atoms. The molecule has 0 aliphatic rings. The number of aliphatic carboxylic acids is 1. The number of halogens is 1. The minimum absolute atomic E-state index is 0.0850. The molecular formula is C10H17ClO2. The van der Waals surface area contributed by atoms with Gasteiger partial charge in [0, 0.05) is 10.8 Å². The van der Waals surface area contributed by atoms with Gasteiger partial charge in [-0.05, 0) is 27.7 Å². The first-order chi connectivity index (χ1) is 5.73. The lowest BCUT2D eigenvalue weighted by molar-refractivity contribution is -0.137. The van der Waals surface area contributed by atoms with E-state index in [1.165, 1.54) is 0 Å². The third kappa shape index (κ3) is 5.69. The lowest BCUT2D eigenvalue weighted by atomic mass is 9.90. The predicted octanol–water partition coefficient (Wildman–Crippen LogP) is 3.06. The minimum Gasteiger partial charge on any atom is -0.481 e. The number of carbonyl (C=O) groups is 1. The molecule has 1 unspecified atom stereocenters. The van der Waals surface area contributed by atoms with Gasteiger partial charge in [0.05, 0.1) is 6.42 Å². The first-order valence-corrected chi connectivity index (χ1v) is 4.67. The Morgan fingerprint density at radius 2 is 2.00 bits per heavy atom. The fourth-order valence-corrected chi connectivity index (χ4v) is 1.23. The van der Waals surface area contributed by atoms with Crippen molar-refractivity contribution >= 4 is 17.6 Å². The average molecular weight is 205 g/mol. The zero-order valence-corrected chi connectivity index (χ0v) is 9.35. The van der Waals surface area contributed by atoms with Gasteiger partial charge in [0.15, 0.2) is 0 Å². The molecule has 0 aliphatic heterocycles. The Labute approximate surface area is 84.6 Å². The van der Waals surface area contributed by atoms with Gasteiger partial charge in [-0.15, -0.1) is 11.6 Å². The first kappa shape index (κ1) is 12.5. The molecule has 0 spiro atoms. The van der Waals surface area contributed by atoms with Gasteiger partial charge in [0.1, 0.15) is 0 Å². The molecule has 0 aromatic carbocycles. The molecule has 0 rings (SSSR count). The largest absolute Gasteiger partial charge is 0.481 e. The molecular weight excluding hydrogens is 188 g/mol. The average Bonchev–Trinajstić information content (AvgIpc) is 1.81. The maximum Gasteiger partial charge on any atom is 0.304 e. The molecule has 1 atom stereocenters.